The van der Waals surface area contributed by atoms with Gasteiger partial charge in [0.2, 0.25) is 0 Å². The minimum Gasteiger partial charge on any atom is -0.508 e. The van der Waals surface area contributed by atoms with E-state index in [9.17, 15) is 9.90 Å². The molecule has 0 aliphatic rings. The van der Waals surface area contributed by atoms with Gasteiger partial charge in [-0.25, -0.2) is 5.43 Å². The predicted octanol–water partition coefficient (Wildman–Crippen LogP) is 4.57. The monoisotopic (exact) mass is 387 g/mol. The number of aromatic hydroxyl groups is 1. The van der Waals surface area contributed by atoms with Gasteiger partial charge in [-0.1, -0.05) is 49.4 Å². The molecule has 0 aliphatic heterocycles. The minimum atomic E-state index is -0.324. The number of nitrogens with one attached hydrogen (secondary N) is 1. The first-order valence-electron chi connectivity index (χ1n) is 9.67. The summed E-state index contributed by atoms with van der Waals surface area (Å²) >= 11 is 0. The molecule has 148 valence electrons. The molecule has 2 N–H and O–H groups in total. The number of benzene rings is 3. The van der Waals surface area contributed by atoms with Gasteiger partial charge in [0.25, 0.3) is 5.91 Å². The van der Waals surface area contributed by atoms with E-state index in [0.717, 1.165) is 30.8 Å². The lowest BCUT2D eigenvalue weighted by molar-refractivity contribution is 0.0955. The summed E-state index contributed by atoms with van der Waals surface area (Å²) in [6.45, 7) is 4.02. The van der Waals surface area contributed by atoms with Gasteiger partial charge in [-0.3, -0.25) is 4.79 Å². The number of carbonyl (C=O) groups excluding carboxylic acids is 1. The molecule has 1 amide bonds. The van der Waals surface area contributed by atoms with Crippen molar-refractivity contribution < 1.29 is 9.90 Å². The van der Waals surface area contributed by atoms with Crippen molar-refractivity contribution in [1.82, 2.24) is 5.43 Å². The first kappa shape index (κ1) is 20.1. The van der Waals surface area contributed by atoms with Gasteiger partial charge < -0.3 is 10.0 Å². The van der Waals surface area contributed by atoms with Crippen LogP contribution < -0.4 is 10.3 Å². The highest BCUT2D eigenvalue weighted by molar-refractivity contribution is 5.95. The standard InChI is InChI=1S/C24H25N3O2/c1-2-16-27(18-20-6-4-3-5-7-20)22-12-8-19(9-13-22)17-25-26-24(29)21-10-14-23(28)15-11-21/h3-15,17,28H,2,16,18H2,1H3,(H,26,29)/b25-17+. The smallest absolute Gasteiger partial charge is 0.271 e. The molecule has 0 radical (unpaired) electrons. The van der Waals surface area contributed by atoms with E-state index >= 15 is 0 Å². The number of hydrazone groups is 1. The second kappa shape index (κ2) is 10.1. The summed E-state index contributed by atoms with van der Waals surface area (Å²) in [5.41, 5.74) is 6.27. The lowest BCUT2D eigenvalue weighted by Gasteiger charge is -2.24. The number of phenols is 1. The van der Waals surface area contributed by atoms with Crippen LogP contribution in [0.3, 0.4) is 0 Å². The molecule has 0 saturated carbocycles. The summed E-state index contributed by atoms with van der Waals surface area (Å²) in [6, 6.07) is 24.6. The number of carbonyl (C=O) groups is 1. The van der Waals surface area contributed by atoms with Gasteiger partial charge in [0.05, 0.1) is 6.21 Å². The van der Waals surface area contributed by atoms with E-state index in [-0.39, 0.29) is 11.7 Å². The fourth-order valence-electron chi connectivity index (χ4n) is 2.99. The first-order valence-corrected chi connectivity index (χ1v) is 9.67. The number of phenolic OH excluding ortho intramolecular Hbond substituents is 1. The fourth-order valence-corrected chi connectivity index (χ4v) is 2.99. The van der Waals surface area contributed by atoms with E-state index in [4.69, 9.17) is 0 Å². The fraction of sp³-hybridized carbons (Fsp3) is 0.167. The average molecular weight is 387 g/mol. The topological polar surface area (TPSA) is 64.9 Å². The van der Waals surface area contributed by atoms with Crippen LogP contribution in [-0.2, 0) is 6.54 Å². The van der Waals surface area contributed by atoms with Crippen LogP contribution in [0.2, 0.25) is 0 Å². The van der Waals surface area contributed by atoms with Crippen LogP contribution in [0.15, 0.2) is 84.0 Å². The van der Waals surface area contributed by atoms with Crippen molar-refractivity contribution in [3.8, 4) is 5.75 Å². The Morgan fingerprint density at radius 2 is 1.69 bits per heavy atom. The quantitative estimate of drug-likeness (QED) is 0.439. The normalized spacial score (nSPS) is 10.8. The Morgan fingerprint density at radius 3 is 2.34 bits per heavy atom. The van der Waals surface area contributed by atoms with Crippen LogP contribution in [0.5, 0.6) is 5.75 Å². The Morgan fingerprint density at radius 1 is 1.00 bits per heavy atom. The summed E-state index contributed by atoms with van der Waals surface area (Å²) in [5.74, 6) is -0.204. The van der Waals surface area contributed by atoms with Crippen LogP contribution in [-0.4, -0.2) is 23.8 Å². The highest BCUT2D eigenvalue weighted by Gasteiger charge is 2.07. The van der Waals surface area contributed by atoms with Crippen molar-refractivity contribution in [3.63, 3.8) is 0 Å². The summed E-state index contributed by atoms with van der Waals surface area (Å²) in [5, 5.41) is 13.3. The van der Waals surface area contributed by atoms with Crippen LogP contribution in [0, 0.1) is 0 Å². The number of nitrogens with zero attached hydrogens (tertiary/aromatic N) is 2. The van der Waals surface area contributed by atoms with Gasteiger partial charge in [0.15, 0.2) is 0 Å². The third kappa shape index (κ3) is 5.94. The highest BCUT2D eigenvalue weighted by atomic mass is 16.3. The molecule has 29 heavy (non-hydrogen) atoms. The number of anilines is 1. The van der Waals surface area contributed by atoms with E-state index in [2.05, 4.69) is 58.7 Å². The molecule has 3 rings (SSSR count). The van der Waals surface area contributed by atoms with Gasteiger partial charge in [0, 0.05) is 24.3 Å². The zero-order chi connectivity index (χ0) is 20.5. The van der Waals surface area contributed by atoms with Gasteiger partial charge >= 0.3 is 0 Å². The maximum absolute atomic E-state index is 12.0. The van der Waals surface area contributed by atoms with E-state index < -0.39 is 0 Å². The van der Waals surface area contributed by atoms with Crippen LogP contribution in [0.25, 0.3) is 0 Å². The molecule has 0 atom stereocenters. The lowest BCUT2D eigenvalue weighted by atomic mass is 10.1. The maximum atomic E-state index is 12.0. The number of rotatable bonds is 8. The maximum Gasteiger partial charge on any atom is 0.271 e. The summed E-state index contributed by atoms with van der Waals surface area (Å²) < 4.78 is 0. The summed E-state index contributed by atoms with van der Waals surface area (Å²) in [7, 11) is 0. The molecule has 5 heteroatoms. The van der Waals surface area contributed by atoms with Gasteiger partial charge in [-0.15, -0.1) is 0 Å². The van der Waals surface area contributed by atoms with Gasteiger partial charge in [-0.2, -0.15) is 5.10 Å². The summed E-state index contributed by atoms with van der Waals surface area (Å²) in [6.07, 6.45) is 2.68. The average Bonchev–Trinajstić information content (AvgIpc) is 2.75. The largest absolute Gasteiger partial charge is 0.508 e. The van der Waals surface area contributed by atoms with E-state index in [1.807, 2.05) is 18.2 Å². The van der Waals surface area contributed by atoms with Crippen molar-refractivity contribution in [1.29, 1.82) is 0 Å². The van der Waals surface area contributed by atoms with Crippen molar-refractivity contribution in [2.75, 3.05) is 11.4 Å². The highest BCUT2D eigenvalue weighted by Crippen LogP contribution is 2.18. The molecule has 0 bridgehead atoms. The van der Waals surface area contributed by atoms with Crippen molar-refractivity contribution in [3.05, 3.63) is 95.6 Å². The molecule has 3 aromatic carbocycles. The van der Waals surface area contributed by atoms with Crippen LogP contribution >= 0.6 is 0 Å². The molecule has 0 unspecified atom stereocenters. The predicted molar refractivity (Wildman–Crippen MR) is 117 cm³/mol. The number of hydrogen-bond donors (Lipinski definition) is 2. The Hall–Kier alpha value is -3.60. The third-order valence-corrected chi connectivity index (χ3v) is 4.48. The Bertz CT molecular complexity index is 936. The number of hydrogen-bond acceptors (Lipinski definition) is 4. The molecular formula is C24H25N3O2. The molecule has 0 spiro atoms. The summed E-state index contributed by atoms with van der Waals surface area (Å²) in [4.78, 5) is 14.4. The molecule has 3 aromatic rings. The zero-order valence-electron chi connectivity index (χ0n) is 16.5. The Labute approximate surface area is 171 Å². The molecular weight excluding hydrogens is 362 g/mol. The zero-order valence-corrected chi connectivity index (χ0v) is 16.5. The van der Waals surface area contributed by atoms with Crippen molar-refractivity contribution in [2.24, 2.45) is 5.10 Å². The molecule has 0 saturated heterocycles. The Balaban J connectivity index is 1.61. The van der Waals surface area contributed by atoms with E-state index in [0.29, 0.717) is 5.56 Å². The Kier molecular flexibility index (Phi) is 7.00. The van der Waals surface area contributed by atoms with Crippen LogP contribution in [0.1, 0.15) is 34.8 Å². The second-order valence-corrected chi connectivity index (χ2v) is 6.74. The number of amides is 1. The van der Waals surface area contributed by atoms with E-state index in [1.165, 1.54) is 17.7 Å². The molecule has 0 aromatic heterocycles. The van der Waals surface area contributed by atoms with Gasteiger partial charge in [-0.05, 0) is 53.9 Å². The molecule has 0 fully saturated rings. The van der Waals surface area contributed by atoms with Gasteiger partial charge in [0.1, 0.15) is 5.75 Å². The van der Waals surface area contributed by atoms with E-state index in [1.54, 1.807) is 18.3 Å². The van der Waals surface area contributed by atoms with Crippen molar-refractivity contribution in [2.45, 2.75) is 19.9 Å². The molecule has 0 heterocycles. The molecule has 0 aliphatic carbocycles. The molecule has 5 nitrogen and oxygen atoms in total. The SMILES string of the molecule is CCCN(Cc1ccccc1)c1ccc(/C=N/NC(=O)c2ccc(O)cc2)cc1. The van der Waals surface area contributed by atoms with Crippen molar-refractivity contribution >= 4 is 17.8 Å². The first-order chi connectivity index (χ1) is 14.2. The second-order valence-electron chi connectivity index (χ2n) is 6.74. The minimum absolute atomic E-state index is 0.120. The van der Waals surface area contributed by atoms with Crippen LogP contribution in [0.4, 0.5) is 5.69 Å². The lowest BCUT2D eigenvalue weighted by Crippen LogP contribution is -2.23. The third-order valence-electron chi connectivity index (χ3n) is 4.48.